The van der Waals surface area contributed by atoms with Crippen LogP contribution in [0.15, 0.2) is 36.4 Å². The van der Waals surface area contributed by atoms with Crippen LogP contribution in [0.3, 0.4) is 0 Å². The van der Waals surface area contributed by atoms with E-state index in [-0.39, 0.29) is 12.1 Å². The Morgan fingerprint density at radius 3 is 2.10 bits per heavy atom. The lowest BCUT2D eigenvalue weighted by Gasteiger charge is -2.37. The van der Waals surface area contributed by atoms with Gasteiger partial charge in [0.1, 0.15) is 23.9 Å². The summed E-state index contributed by atoms with van der Waals surface area (Å²) in [5, 5.41) is 3.48. The minimum atomic E-state index is -5.29. The van der Waals surface area contributed by atoms with Crippen molar-refractivity contribution in [2.24, 2.45) is 5.92 Å². The smallest absolute Gasteiger partial charge is 0.428 e. The number of carbonyl (C=O) groups is 1. The fraction of sp³-hybridized carbons (Fsp3) is 0.435. The highest BCUT2D eigenvalue weighted by molar-refractivity contribution is 5.76. The molecule has 0 radical (unpaired) electrons. The van der Waals surface area contributed by atoms with E-state index in [1.807, 2.05) is 5.32 Å². The number of rotatable bonds is 9. The number of ether oxygens (including phenoxy) is 1. The number of alkyl halides is 10. The topological polar surface area (TPSA) is 50.4 Å². The van der Waals surface area contributed by atoms with Crippen LogP contribution in [-0.2, 0) is 11.7 Å². The Morgan fingerprint density at radius 1 is 0.923 bits per heavy atom. The van der Waals surface area contributed by atoms with Gasteiger partial charge in [-0.1, -0.05) is 18.9 Å². The average Bonchev–Trinajstić information content (AvgIpc) is 3.59. The minimum absolute atomic E-state index is 0.223. The first-order valence-corrected chi connectivity index (χ1v) is 11.0. The molecule has 1 atom stereocenters. The molecule has 4 nitrogen and oxygen atoms in total. The molecular weight excluding hydrogens is 564 g/mol. The van der Waals surface area contributed by atoms with Crippen LogP contribution in [0.5, 0.6) is 5.75 Å². The van der Waals surface area contributed by atoms with Gasteiger partial charge in [-0.25, -0.2) is 13.6 Å². The summed E-state index contributed by atoms with van der Waals surface area (Å²) in [6, 6.07) is 0.986. The van der Waals surface area contributed by atoms with Gasteiger partial charge < -0.3 is 15.4 Å². The average molecular weight is 582 g/mol. The van der Waals surface area contributed by atoms with E-state index in [9.17, 15) is 57.5 Å². The van der Waals surface area contributed by atoms with Crippen LogP contribution >= 0.6 is 0 Å². The molecule has 0 spiro atoms. The number of benzene rings is 2. The van der Waals surface area contributed by atoms with Gasteiger partial charge in [0.05, 0.1) is 11.1 Å². The Hall–Kier alpha value is -3.33. The highest BCUT2D eigenvalue weighted by atomic mass is 19.4. The van der Waals surface area contributed by atoms with E-state index >= 15 is 0 Å². The van der Waals surface area contributed by atoms with Crippen molar-refractivity contribution in [3.8, 4) is 5.75 Å². The van der Waals surface area contributed by atoms with E-state index in [1.54, 1.807) is 0 Å². The second-order valence-electron chi connectivity index (χ2n) is 8.81. The summed E-state index contributed by atoms with van der Waals surface area (Å²) in [7, 11) is 0. The second-order valence-corrected chi connectivity index (χ2v) is 8.81. The molecule has 39 heavy (non-hydrogen) atoms. The largest absolute Gasteiger partial charge is 0.461 e. The van der Waals surface area contributed by atoms with Crippen molar-refractivity contribution >= 4 is 6.03 Å². The van der Waals surface area contributed by atoms with Crippen LogP contribution in [0.4, 0.5) is 57.5 Å². The van der Waals surface area contributed by atoms with Gasteiger partial charge in [-0.15, -0.1) is 0 Å². The summed E-state index contributed by atoms with van der Waals surface area (Å²) in [5.74, 6) is -4.83. The molecule has 1 fully saturated rings. The first kappa shape index (κ1) is 30.2. The second kappa shape index (κ2) is 10.7. The number of urea groups is 1. The fourth-order valence-electron chi connectivity index (χ4n) is 3.85. The van der Waals surface area contributed by atoms with Gasteiger partial charge >= 0.3 is 30.9 Å². The zero-order chi connectivity index (χ0) is 29.4. The Balaban J connectivity index is 2.23. The number of nitrogens with one attached hydrogen (secondary N) is 2. The maximum Gasteiger partial charge on any atom is 0.461 e. The van der Waals surface area contributed by atoms with Gasteiger partial charge in [0.15, 0.2) is 0 Å². The van der Waals surface area contributed by atoms with Gasteiger partial charge in [-0.2, -0.15) is 43.9 Å². The van der Waals surface area contributed by atoms with Crippen molar-refractivity contribution in [3.63, 3.8) is 0 Å². The maximum atomic E-state index is 14.5. The molecule has 2 aromatic rings. The predicted octanol–water partition coefficient (Wildman–Crippen LogP) is 7.13. The summed E-state index contributed by atoms with van der Waals surface area (Å²) >= 11 is 0. The predicted molar refractivity (Wildman–Crippen MR) is 110 cm³/mol. The van der Waals surface area contributed by atoms with E-state index in [0.29, 0.717) is 31.0 Å². The molecule has 2 amide bonds. The van der Waals surface area contributed by atoms with Gasteiger partial charge in [-0.3, -0.25) is 0 Å². The number of halogens is 12. The third kappa shape index (κ3) is 7.62. The molecule has 16 heteroatoms. The molecule has 1 saturated carbocycles. The lowest BCUT2D eigenvalue weighted by molar-refractivity contribution is -0.253. The zero-order valence-electron chi connectivity index (χ0n) is 19.3. The van der Waals surface area contributed by atoms with Crippen molar-refractivity contribution in [1.29, 1.82) is 0 Å². The molecule has 1 aliphatic rings. The highest BCUT2D eigenvalue weighted by Gasteiger charge is 2.46. The highest BCUT2D eigenvalue weighted by Crippen LogP contribution is 2.46. The first-order chi connectivity index (χ1) is 17.8. The minimum Gasteiger partial charge on any atom is -0.428 e. The van der Waals surface area contributed by atoms with Crippen LogP contribution < -0.4 is 15.4 Å². The third-order valence-corrected chi connectivity index (χ3v) is 5.70. The van der Waals surface area contributed by atoms with Gasteiger partial charge in [-0.05, 0) is 47.7 Å². The molecule has 0 heterocycles. The summed E-state index contributed by atoms with van der Waals surface area (Å²) in [4.78, 5) is 12.5. The van der Waals surface area contributed by atoms with E-state index in [1.165, 1.54) is 5.32 Å². The molecule has 2 aromatic carbocycles. The van der Waals surface area contributed by atoms with Crippen LogP contribution in [0.1, 0.15) is 36.0 Å². The monoisotopic (exact) mass is 582 g/mol. The Bertz CT molecular complexity index is 1190. The summed E-state index contributed by atoms with van der Waals surface area (Å²) in [5.41, 5.74) is -5.49. The van der Waals surface area contributed by atoms with Crippen molar-refractivity contribution in [1.82, 2.24) is 10.6 Å². The number of amides is 2. The molecule has 216 valence electrons. The summed E-state index contributed by atoms with van der Waals surface area (Å²) < 4.78 is 163. The Kier molecular flexibility index (Phi) is 8.27. The number of hydrogen-bond acceptors (Lipinski definition) is 2. The molecule has 3 rings (SSSR count). The molecule has 0 aromatic heterocycles. The van der Waals surface area contributed by atoms with Crippen molar-refractivity contribution in [2.45, 2.75) is 49.7 Å². The Labute approximate surface area is 212 Å². The molecule has 0 aliphatic heterocycles. The van der Waals surface area contributed by atoms with Crippen molar-refractivity contribution < 1.29 is 62.2 Å². The molecule has 1 unspecified atom stereocenters. The van der Waals surface area contributed by atoms with Gasteiger partial charge in [0.25, 0.3) is 0 Å². The standard InChI is InChI=1S/C23H18F12N2O2/c24-14-5-13(6-15(8-14)39-23(34,35)18(26)27)20(9-11-1-2-11,37-19(38)36-10-21(28,29)30)12-3-4-17(25)16(7-12)22(31,32)33/h3-8,11,18H,1-2,9-10H2,(H2,36,37,38). The van der Waals surface area contributed by atoms with E-state index < -0.39 is 89.4 Å². The molecule has 0 bridgehead atoms. The first-order valence-electron chi connectivity index (χ1n) is 11.0. The fourth-order valence-corrected chi connectivity index (χ4v) is 3.85. The summed E-state index contributed by atoms with van der Waals surface area (Å²) in [6.07, 6.45) is -19.3. The van der Waals surface area contributed by atoms with E-state index in [2.05, 4.69) is 4.74 Å². The maximum absolute atomic E-state index is 14.5. The number of carbonyl (C=O) groups excluding carboxylic acids is 1. The van der Waals surface area contributed by atoms with Crippen LogP contribution in [0.25, 0.3) is 0 Å². The Morgan fingerprint density at radius 2 is 1.56 bits per heavy atom. The lowest BCUT2D eigenvalue weighted by atomic mass is 9.77. The van der Waals surface area contributed by atoms with Crippen LogP contribution in [0.2, 0.25) is 0 Å². The molecular formula is C23H18F12N2O2. The van der Waals surface area contributed by atoms with Gasteiger partial charge in [0.2, 0.25) is 0 Å². The van der Waals surface area contributed by atoms with Crippen LogP contribution in [-0.4, -0.2) is 31.3 Å². The lowest BCUT2D eigenvalue weighted by Crippen LogP contribution is -2.52. The van der Waals surface area contributed by atoms with Gasteiger partial charge in [0, 0.05) is 6.07 Å². The summed E-state index contributed by atoms with van der Waals surface area (Å²) in [6.45, 7) is -1.90. The molecule has 1 aliphatic carbocycles. The van der Waals surface area contributed by atoms with Crippen molar-refractivity contribution in [3.05, 3.63) is 64.7 Å². The van der Waals surface area contributed by atoms with E-state index in [4.69, 9.17) is 0 Å². The number of hydrogen-bond donors (Lipinski definition) is 2. The quantitative estimate of drug-likeness (QED) is 0.310. The van der Waals surface area contributed by atoms with Crippen molar-refractivity contribution in [2.75, 3.05) is 6.54 Å². The zero-order valence-corrected chi connectivity index (χ0v) is 19.3. The normalized spacial score (nSPS) is 16.1. The molecule has 0 saturated heterocycles. The van der Waals surface area contributed by atoms with Crippen LogP contribution in [0, 0.1) is 17.6 Å². The third-order valence-electron chi connectivity index (χ3n) is 5.70. The molecule has 2 N–H and O–H groups in total. The van der Waals surface area contributed by atoms with E-state index in [0.717, 1.165) is 6.07 Å². The SMILES string of the molecule is O=C(NCC(F)(F)F)NC(CC1CC1)(c1cc(F)cc(OC(F)(F)C(F)F)c1)c1ccc(F)c(C(F)(F)F)c1.